The molecule has 28 heavy (non-hydrogen) atoms. The van der Waals surface area contributed by atoms with E-state index in [-0.39, 0.29) is 29.9 Å². The number of benzene rings is 2. The predicted molar refractivity (Wildman–Crippen MR) is 125 cm³/mol. The molecule has 0 aromatic heterocycles. The lowest BCUT2D eigenvalue weighted by Gasteiger charge is -2.22. The van der Waals surface area contributed by atoms with Gasteiger partial charge in [0, 0.05) is 39.8 Å². The minimum Gasteiger partial charge on any atom is -0.497 e. The number of methoxy groups -OCH3 is 1. The van der Waals surface area contributed by atoms with Gasteiger partial charge in [-0.3, -0.25) is 9.79 Å². The minimum atomic E-state index is -0.0696. The number of hydrogen-bond donors (Lipinski definition) is 2. The Morgan fingerprint density at radius 2 is 1.86 bits per heavy atom. The molecule has 0 unspecified atom stereocenters. The third-order valence-electron chi connectivity index (χ3n) is 4.27. The first-order valence-corrected chi connectivity index (χ1v) is 8.93. The van der Waals surface area contributed by atoms with Crippen LogP contribution in [0.2, 0.25) is 0 Å². The fourth-order valence-electron chi connectivity index (χ4n) is 2.80. The van der Waals surface area contributed by atoms with Crippen LogP contribution in [-0.4, -0.2) is 51.6 Å². The van der Waals surface area contributed by atoms with Crippen molar-refractivity contribution in [3.63, 3.8) is 0 Å². The molecule has 2 aromatic carbocycles. The van der Waals surface area contributed by atoms with Crippen LogP contribution >= 0.6 is 24.0 Å². The summed E-state index contributed by atoms with van der Waals surface area (Å²) in [4.78, 5) is 18.2. The van der Waals surface area contributed by atoms with Gasteiger partial charge < -0.3 is 20.3 Å². The van der Waals surface area contributed by atoms with E-state index in [9.17, 15) is 4.79 Å². The average Bonchev–Trinajstić information content (AvgIpc) is 2.71. The molecule has 0 saturated carbocycles. The molecular formula is C21H29IN4O2. The van der Waals surface area contributed by atoms with E-state index in [1.807, 2.05) is 55.6 Å². The van der Waals surface area contributed by atoms with Crippen molar-refractivity contribution in [1.82, 2.24) is 15.5 Å². The van der Waals surface area contributed by atoms with Gasteiger partial charge in [-0.05, 0) is 41.8 Å². The molecule has 0 spiro atoms. The van der Waals surface area contributed by atoms with Gasteiger partial charge in [0.15, 0.2) is 5.96 Å². The molecule has 7 heteroatoms. The van der Waals surface area contributed by atoms with Crippen LogP contribution in [-0.2, 0) is 13.0 Å². The Morgan fingerprint density at radius 3 is 2.46 bits per heavy atom. The van der Waals surface area contributed by atoms with Crippen LogP contribution in [0.5, 0.6) is 5.75 Å². The average molecular weight is 496 g/mol. The number of nitrogens with zero attached hydrogens (tertiary/aromatic N) is 2. The van der Waals surface area contributed by atoms with Crippen LogP contribution in [0, 0.1) is 0 Å². The lowest BCUT2D eigenvalue weighted by atomic mass is 10.1. The lowest BCUT2D eigenvalue weighted by molar-refractivity contribution is 0.0963. The molecule has 2 aromatic rings. The Kier molecular flexibility index (Phi) is 10.4. The number of guanidine groups is 1. The number of carbonyl (C=O) groups is 1. The summed E-state index contributed by atoms with van der Waals surface area (Å²) in [7, 11) is 7.08. The van der Waals surface area contributed by atoms with Gasteiger partial charge in [-0.15, -0.1) is 24.0 Å². The molecule has 0 aliphatic carbocycles. The summed E-state index contributed by atoms with van der Waals surface area (Å²) in [6, 6.07) is 15.7. The first-order valence-electron chi connectivity index (χ1n) is 8.93. The number of carbonyl (C=O) groups excluding carboxylic acids is 1. The third-order valence-corrected chi connectivity index (χ3v) is 4.27. The molecular weight excluding hydrogens is 467 g/mol. The van der Waals surface area contributed by atoms with Crippen LogP contribution in [0.1, 0.15) is 21.5 Å². The number of hydrogen-bond acceptors (Lipinski definition) is 3. The molecule has 152 valence electrons. The summed E-state index contributed by atoms with van der Waals surface area (Å²) in [5.74, 6) is 1.61. The van der Waals surface area contributed by atoms with Crippen molar-refractivity contribution >= 4 is 35.8 Å². The molecule has 0 atom stereocenters. The molecule has 2 N–H and O–H groups in total. The van der Waals surface area contributed by atoms with E-state index >= 15 is 0 Å². The van der Waals surface area contributed by atoms with Gasteiger partial charge in [0.1, 0.15) is 5.75 Å². The van der Waals surface area contributed by atoms with Gasteiger partial charge in [-0.25, -0.2) is 0 Å². The monoisotopic (exact) mass is 496 g/mol. The Morgan fingerprint density at radius 1 is 1.14 bits per heavy atom. The molecule has 0 radical (unpaired) electrons. The van der Waals surface area contributed by atoms with Crippen molar-refractivity contribution < 1.29 is 9.53 Å². The number of amides is 1. The fraction of sp³-hybridized carbons (Fsp3) is 0.333. The van der Waals surface area contributed by atoms with Crippen molar-refractivity contribution in [1.29, 1.82) is 0 Å². The Labute approximate surface area is 184 Å². The number of aliphatic imine (C=N–C) groups is 1. The normalized spacial score (nSPS) is 10.6. The second-order valence-electron chi connectivity index (χ2n) is 6.21. The van der Waals surface area contributed by atoms with Crippen LogP contribution in [0.3, 0.4) is 0 Å². The third kappa shape index (κ3) is 7.03. The quantitative estimate of drug-likeness (QED) is 0.352. The summed E-state index contributed by atoms with van der Waals surface area (Å²) in [5.41, 5.74) is 2.97. The summed E-state index contributed by atoms with van der Waals surface area (Å²) >= 11 is 0. The van der Waals surface area contributed by atoms with Gasteiger partial charge >= 0.3 is 0 Å². The van der Waals surface area contributed by atoms with Crippen LogP contribution in [0.15, 0.2) is 53.5 Å². The predicted octanol–water partition coefficient (Wildman–Crippen LogP) is 2.92. The van der Waals surface area contributed by atoms with E-state index in [0.29, 0.717) is 5.56 Å². The molecule has 0 fully saturated rings. The molecule has 2 rings (SSSR count). The standard InChI is InChI=1S/C21H28N4O2.HI/c1-22-20(26)18-7-5-6-16(14-18)12-13-24-21(23-2)25(3)15-17-8-10-19(27-4)11-9-17;/h5-11,14H,12-13,15H2,1-4H3,(H,22,26)(H,23,24);1H. The Balaban J connectivity index is 0.00000392. The molecule has 6 nitrogen and oxygen atoms in total. The van der Waals surface area contributed by atoms with Crippen molar-refractivity contribution in [2.24, 2.45) is 4.99 Å². The first-order chi connectivity index (χ1) is 13.1. The van der Waals surface area contributed by atoms with Gasteiger partial charge in [0.2, 0.25) is 0 Å². The van der Waals surface area contributed by atoms with Crippen LogP contribution < -0.4 is 15.4 Å². The number of ether oxygens (including phenoxy) is 1. The maximum atomic E-state index is 11.7. The highest BCUT2D eigenvalue weighted by Crippen LogP contribution is 2.12. The van der Waals surface area contributed by atoms with Gasteiger partial charge in [0.25, 0.3) is 5.91 Å². The largest absolute Gasteiger partial charge is 0.497 e. The van der Waals surface area contributed by atoms with E-state index in [2.05, 4.69) is 20.5 Å². The highest BCUT2D eigenvalue weighted by molar-refractivity contribution is 14.0. The zero-order valence-electron chi connectivity index (χ0n) is 16.9. The first kappa shape index (κ1) is 23.7. The summed E-state index contributed by atoms with van der Waals surface area (Å²) in [5, 5.41) is 6.02. The lowest BCUT2D eigenvalue weighted by Crippen LogP contribution is -2.39. The Hall–Kier alpha value is -2.29. The van der Waals surface area contributed by atoms with Gasteiger partial charge in [-0.1, -0.05) is 24.3 Å². The van der Waals surface area contributed by atoms with Crippen LogP contribution in [0.25, 0.3) is 0 Å². The SMILES string of the molecule is CN=C(NCCc1cccc(C(=O)NC)c1)N(C)Cc1ccc(OC)cc1.I. The van der Waals surface area contributed by atoms with E-state index < -0.39 is 0 Å². The van der Waals surface area contributed by atoms with E-state index in [0.717, 1.165) is 36.8 Å². The second-order valence-corrected chi connectivity index (χ2v) is 6.21. The second kappa shape index (κ2) is 12.2. The Bertz CT molecular complexity index is 778. The van der Waals surface area contributed by atoms with Gasteiger partial charge in [-0.2, -0.15) is 0 Å². The number of halogens is 1. The number of nitrogens with one attached hydrogen (secondary N) is 2. The van der Waals surface area contributed by atoms with E-state index in [1.165, 1.54) is 5.56 Å². The van der Waals surface area contributed by atoms with Crippen LogP contribution in [0.4, 0.5) is 0 Å². The number of rotatable bonds is 7. The highest BCUT2D eigenvalue weighted by atomic mass is 127. The molecule has 0 aliphatic rings. The summed E-state index contributed by atoms with van der Waals surface area (Å²) in [6.45, 7) is 1.48. The topological polar surface area (TPSA) is 66.0 Å². The van der Waals surface area contributed by atoms with Crippen molar-refractivity contribution in [2.75, 3.05) is 34.8 Å². The zero-order valence-corrected chi connectivity index (χ0v) is 19.2. The molecule has 1 amide bonds. The molecule has 0 heterocycles. The summed E-state index contributed by atoms with van der Waals surface area (Å²) in [6.07, 6.45) is 0.806. The smallest absolute Gasteiger partial charge is 0.251 e. The van der Waals surface area contributed by atoms with E-state index in [1.54, 1.807) is 21.2 Å². The maximum absolute atomic E-state index is 11.7. The van der Waals surface area contributed by atoms with Crippen molar-refractivity contribution in [3.8, 4) is 5.75 Å². The molecule has 0 aliphatic heterocycles. The van der Waals surface area contributed by atoms with Gasteiger partial charge in [0.05, 0.1) is 7.11 Å². The molecule has 0 bridgehead atoms. The highest BCUT2D eigenvalue weighted by Gasteiger charge is 2.08. The summed E-state index contributed by atoms with van der Waals surface area (Å²) < 4.78 is 5.19. The minimum absolute atomic E-state index is 0. The maximum Gasteiger partial charge on any atom is 0.251 e. The van der Waals surface area contributed by atoms with Crippen molar-refractivity contribution in [2.45, 2.75) is 13.0 Å². The zero-order chi connectivity index (χ0) is 19.6. The van der Waals surface area contributed by atoms with Crippen molar-refractivity contribution in [3.05, 3.63) is 65.2 Å². The fourth-order valence-corrected chi connectivity index (χ4v) is 2.80. The van der Waals surface area contributed by atoms with E-state index in [4.69, 9.17) is 4.74 Å². The molecule has 0 saturated heterocycles.